The Bertz CT molecular complexity index is 405. The van der Waals surface area contributed by atoms with Crippen molar-refractivity contribution in [3.63, 3.8) is 0 Å². The Hall–Kier alpha value is -1.39. The number of rotatable bonds is 6. The molecule has 0 saturated carbocycles. The molecule has 0 saturated heterocycles. The van der Waals surface area contributed by atoms with Crippen LogP contribution in [0, 0.1) is 0 Å². The highest BCUT2D eigenvalue weighted by atomic mass is 16.5. The van der Waals surface area contributed by atoms with Crippen LogP contribution in [0.3, 0.4) is 0 Å². The van der Waals surface area contributed by atoms with Gasteiger partial charge in [0.05, 0.1) is 12.7 Å². The molecule has 0 aliphatic rings. The maximum absolute atomic E-state index is 12.2. The molecule has 0 unspecified atom stereocenters. The van der Waals surface area contributed by atoms with Gasteiger partial charge in [0.1, 0.15) is 5.54 Å². The molecule has 1 aromatic carbocycles. The summed E-state index contributed by atoms with van der Waals surface area (Å²) < 4.78 is 5.08. The summed E-state index contributed by atoms with van der Waals surface area (Å²) in [5.41, 5.74) is 5.90. The lowest BCUT2D eigenvalue weighted by atomic mass is 9.75. The molecule has 3 atom stereocenters. The number of benzene rings is 1. The van der Waals surface area contributed by atoms with Crippen LogP contribution in [-0.2, 0) is 9.53 Å². The van der Waals surface area contributed by atoms with Crippen molar-refractivity contribution in [2.75, 3.05) is 6.61 Å². The number of aliphatic hydroxyl groups is 1. The zero-order valence-electron chi connectivity index (χ0n) is 11.8. The average molecular weight is 265 g/mol. The molecule has 0 radical (unpaired) electrons. The third-order valence-corrected chi connectivity index (χ3v) is 3.44. The number of hydrogen-bond donors (Lipinski definition) is 2. The predicted octanol–water partition coefficient (Wildman–Crippen LogP) is 1.82. The van der Waals surface area contributed by atoms with Crippen molar-refractivity contribution in [1.82, 2.24) is 0 Å². The Labute approximate surface area is 114 Å². The maximum atomic E-state index is 12.2. The van der Waals surface area contributed by atoms with E-state index in [1.807, 2.05) is 37.3 Å². The van der Waals surface area contributed by atoms with E-state index >= 15 is 0 Å². The average Bonchev–Trinajstić information content (AvgIpc) is 2.39. The molecule has 0 bridgehead atoms. The first kappa shape index (κ1) is 15.7. The first-order chi connectivity index (χ1) is 8.97. The standard InChI is InChI=1S/C15H23NO3/c1-4-15(16,14(18)19-5-2)13(11(3)17)12-9-7-6-8-10-12/h6-11,13,17H,4-5,16H2,1-3H3/t11-,13+,15-/m0/s1. The smallest absolute Gasteiger partial charge is 0.326 e. The van der Waals surface area contributed by atoms with E-state index in [0.29, 0.717) is 6.42 Å². The molecular weight excluding hydrogens is 242 g/mol. The third kappa shape index (κ3) is 3.33. The van der Waals surface area contributed by atoms with Gasteiger partial charge < -0.3 is 15.6 Å². The second-order valence-corrected chi connectivity index (χ2v) is 4.74. The molecule has 4 heteroatoms. The zero-order chi connectivity index (χ0) is 14.5. The minimum Gasteiger partial charge on any atom is -0.465 e. The highest BCUT2D eigenvalue weighted by molar-refractivity contribution is 5.82. The summed E-state index contributed by atoms with van der Waals surface area (Å²) in [6, 6.07) is 9.36. The van der Waals surface area contributed by atoms with Crippen LogP contribution in [0.25, 0.3) is 0 Å². The summed E-state index contributed by atoms with van der Waals surface area (Å²) >= 11 is 0. The highest BCUT2D eigenvalue weighted by Gasteiger charge is 2.45. The van der Waals surface area contributed by atoms with Gasteiger partial charge in [-0.2, -0.15) is 0 Å². The van der Waals surface area contributed by atoms with Crippen molar-refractivity contribution in [3.8, 4) is 0 Å². The van der Waals surface area contributed by atoms with Gasteiger partial charge in [-0.1, -0.05) is 37.3 Å². The van der Waals surface area contributed by atoms with E-state index in [1.165, 1.54) is 0 Å². The minimum atomic E-state index is -1.22. The fourth-order valence-electron chi connectivity index (χ4n) is 2.42. The Kier molecular flexibility index (Phi) is 5.51. The summed E-state index contributed by atoms with van der Waals surface area (Å²) in [5.74, 6) is -0.954. The van der Waals surface area contributed by atoms with Crippen LogP contribution in [0.5, 0.6) is 0 Å². The minimum absolute atomic E-state index is 0.277. The molecule has 4 nitrogen and oxygen atoms in total. The van der Waals surface area contributed by atoms with Gasteiger partial charge in [-0.3, -0.25) is 4.79 Å². The normalized spacial score (nSPS) is 17.3. The quantitative estimate of drug-likeness (QED) is 0.770. The maximum Gasteiger partial charge on any atom is 0.326 e. The van der Waals surface area contributed by atoms with E-state index < -0.39 is 23.5 Å². The van der Waals surface area contributed by atoms with Crippen LogP contribution in [0.4, 0.5) is 0 Å². The molecule has 0 amide bonds. The van der Waals surface area contributed by atoms with Crippen LogP contribution in [0.2, 0.25) is 0 Å². The first-order valence-corrected chi connectivity index (χ1v) is 6.66. The Morgan fingerprint density at radius 2 is 1.95 bits per heavy atom. The fraction of sp³-hybridized carbons (Fsp3) is 0.533. The molecule has 0 aliphatic carbocycles. The third-order valence-electron chi connectivity index (χ3n) is 3.44. The van der Waals surface area contributed by atoms with Gasteiger partial charge in [-0.05, 0) is 25.8 Å². The largest absolute Gasteiger partial charge is 0.465 e. The van der Waals surface area contributed by atoms with Gasteiger partial charge in [0.15, 0.2) is 0 Å². The number of esters is 1. The first-order valence-electron chi connectivity index (χ1n) is 6.66. The van der Waals surface area contributed by atoms with Crippen LogP contribution in [0.15, 0.2) is 30.3 Å². The lowest BCUT2D eigenvalue weighted by molar-refractivity contribution is -0.152. The molecular formula is C15H23NO3. The molecule has 0 spiro atoms. The van der Waals surface area contributed by atoms with Crippen molar-refractivity contribution in [2.24, 2.45) is 5.73 Å². The van der Waals surface area contributed by atoms with Crippen LogP contribution >= 0.6 is 0 Å². The Balaban J connectivity index is 3.19. The SMILES string of the molecule is CCOC(=O)[C@](N)(CC)[C@@H](c1ccccc1)[C@H](C)O. The van der Waals surface area contributed by atoms with Gasteiger partial charge in [-0.25, -0.2) is 0 Å². The Morgan fingerprint density at radius 1 is 1.37 bits per heavy atom. The number of aliphatic hydroxyl groups excluding tert-OH is 1. The zero-order valence-corrected chi connectivity index (χ0v) is 11.8. The van der Waals surface area contributed by atoms with E-state index in [1.54, 1.807) is 13.8 Å². The lowest BCUT2D eigenvalue weighted by Crippen LogP contribution is -2.56. The number of carbonyl (C=O) groups excluding carboxylic acids is 1. The summed E-state index contributed by atoms with van der Waals surface area (Å²) in [5, 5.41) is 10.1. The van der Waals surface area contributed by atoms with Gasteiger partial charge in [-0.15, -0.1) is 0 Å². The molecule has 0 fully saturated rings. The van der Waals surface area contributed by atoms with E-state index in [-0.39, 0.29) is 6.61 Å². The summed E-state index contributed by atoms with van der Waals surface area (Å²) in [6.07, 6.45) is -0.340. The van der Waals surface area contributed by atoms with E-state index in [4.69, 9.17) is 10.5 Å². The molecule has 106 valence electrons. The predicted molar refractivity (Wildman–Crippen MR) is 74.7 cm³/mol. The molecule has 3 N–H and O–H groups in total. The molecule has 0 heterocycles. The van der Waals surface area contributed by atoms with Crippen LogP contribution < -0.4 is 5.73 Å². The van der Waals surface area contributed by atoms with E-state index in [9.17, 15) is 9.90 Å². The summed E-state index contributed by atoms with van der Waals surface area (Å²) in [6.45, 7) is 5.50. The number of carbonyl (C=O) groups is 1. The van der Waals surface area contributed by atoms with Crippen molar-refractivity contribution < 1.29 is 14.6 Å². The monoisotopic (exact) mass is 265 g/mol. The van der Waals surface area contributed by atoms with Gasteiger partial charge in [0.25, 0.3) is 0 Å². The molecule has 1 aromatic rings. The number of hydrogen-bond acceptors (Lipinski definition) is 4. The second kappa shape index (κ2) is 6.68. The molecule has 19 heavy (non-hydrogen) atoms. The highest BCUT2D eigenvalue weighted by Crippen LogP contribution is 2.33. The van der Waals surface area contributed by atoms with Crippen molar-refractivity contribution >= 4 is 5.97 Å². The van der Waals surface area contributed by atoms with E-state index in [2.05, 4.69) is 0 Å². The summed E-state index contributed by atoms with van der Waals surface area (Å²) in [7, 11) is 0. The molecule has 1 rings (SSSR count). The van der Waals surface area contributed by atoms with Crippen molar-refractivity contribution in [2.45, 2.75) is 44.8 Å². The number of nitrogens with two attached hydrogens (primary N) is 1. The van der Waals surface area contributed by atoms with Crippen LogP contribution in [-0.4, -0.2) is 29.3 Å². The second-order valence-electron chi connectivity index (χ2n) is 4.74. The molecule has 0 aromatic heterocycles. The lowest BCUT2D eigenvalue weighted by Gasteiger charge is -2.36. The number of ether oxygens (including phenoxy) is 1. The van der Waals surface area contributed by atoms with Gasteiger partial charge in [0, 0.05) is 5.92 Å². The van der Waals surface area contributed by atoms with Crippen molar-refractivity contribution in [3.05, 3.63) is 35.9 Å². The van der Waals surface area contributed by atoms with Crippen LogP contribution in [0.1, 0.15) is 38.7 Å². The van der Waals surface area contributed by atoms with Gasteiger partial charge >= 0.3 is 5.97 Å². The fourth-order valence-corrected chi connectivity index (χ4v) is 2.42. The summed E-state index contributed by atoms with van der Waals surface area (Å²) in [4.78, 5) is 12.2. The van der Waals surface area contributed by atoms with E-state index in [0.717, 1.165) is 5.56 Å². The Morgan fingerprint density at radius 3 is 2.37 bits per heavy atom. The molecule has 0 aliphatic heterocycles. The topological polar surface area (TPSA) is 72.5 Å². The van der Waals surface area contributed by atoms with Crippen molar-refractivity contribution in [1.29, 1.82) is 0 Å². The van der Waals surface area contributed by atoms with Gasteiger partial charge in [0.2, 0.25) is 0 Å².